The van der Waals surface area contributed by atoms with Crippen molar-refractivity contribution in [2.75, 3.05) is 27.8 Å². The van der Waals surface area contributed by atoms with Crippen molar-refractivity contribution in [2.24, 2.45) is 5.92 Å². The Morgan fingerprint density at radius 2 is 1.75 bits per heavy atom. The van der Waals surface area contributed by atoms with Crippen LogP contribution in [0.4, 0.5) is 13.2 Å². The summed E-state index contributed by atoms with van der Waals surface area (Å²) in [7, 11) is 5.16. The van der Waals surface area contributed by atoms with E-state index in [0.29, 0.717) is 17.1 Å². The standard InChI is InChI=1S/C22H24F3NO2/c1-26-12-6-8-14-18(13-7-4-5-9-16(13)22(23,24)25)19-15(20(14)26)10-11-17(27-2)21(19)28-3/h4-5,7,9-11,14,18,20H,6,8,12H2,1-3H3. The van der Waals surface area contributed by atoms with Crippen LogP contribution in [-0.2, 0) is 6.18 Å². The second kappa shape index (κ2) is 6.99. The van der Waals surface area contributed by atoms with Gasteiger partial charge in [-0.15, -0.1) is 0 Å². The Morgan fingerprint density at radius 3 is 2.43 bits per heavy atom. The van der Waals surface area contributed by atoms with Gasteiger partial charge in [-0.25, -0.2) is 0 Å². The van der Waals surface area contributed by atoms with Gasteiger partial charge in [0.25, 0.3) is 0 Å². The van der Waals surface area contributed by atoms with E-state index < -0.39 is 11.7 Å². The molecule has 6 heteroatoms. The molecule has 0 radical (unpaired) electrons. The molecule has 1 aliphatic heterocycles. The van der Waals surface area contributed by atoms with Crippen LogP contribution in [0.1, 0.15) is 47.1 Å². The van der Waals surface area contributed by atoms with Gasteiger partial charge in [-0.3, -0.25) is 4.90 Å². The second-order valence-corrected chi connectivity index (χ2v) is 7.60. The van der Waals surface area contributed by atoms with Crippen molar-refractivity contribution in [2.45, 2.75) is 31.0 Å². The van der Waals surface area contributed by atoms with Gasteiger partial charge in [0, 0.05) is 17.5 Å². The predicted octanol–water partition coefficient (Wildman–Crippen LogP) is 5.25. The highest BCUT2D eigenvalue weighted by Gasteiger charge is 2.49. The fraction of sp³-hybridized carbons (Fsp3) is 0.455. The molecule has 0 spiro atoms. The predicted molar refractivity (Wildman–Crippen MR) is 101 cm³/mol. The first-order valence-electron chi connectivity index (χ1n) is 9.49. The van der Waals surface area contributed by atoms with Crippen LogP contribution in [0.25, 0.3) is 0 Å². The highest BCUT2D eigenvalue weighted by Crippen LogP contribution is 2.59. The highest BCUT2D eigenvalue weighted by atomic mass is 19.4. The smallest absolute Gasteiger partial charge is 0.416 e. The van der Waals surface area contributed by atoms with Gasteiger partial charge in [0.05, 0.1) is 19.8 Å². The van der Waals surface area contributed by atoms with E-state index in [2.05, 4.69) is 11.9 Å². The number of hydrogen-bond donors (Lipinski definition) is 0. The van der Waals surface area contributed by atoms with E-state index in [9.17, 15) is 13.2 Å². The van der Waals surface area contributed by atoms with Crippen molar-refractivity contribution in [3.05, 3.63) is 58.7 Å². The Labute approximate surface area is 163 Å². The maximum atomic E-state index is 13.8. The molecule has 1 fully saturated rings. The largest absolute Gasteiger partial charge is 0.493 e. The van der Waals surface area contributed by atoms with Crippen LogP contribution in [0.2, 0.25) is 0 Å². The van der Waals surface area contributed by atoms with Crippen LogP contribution in [0, 0.1) is 5.92 Å². The van der Waals surface area contributed by atoms with Crippen molar-refractivity contribution >= 4 is 0 Å². The summed E-state index contributed by atoms with van der Waals surface area (Å²) >= 11 is 0. The number of ether oxygens (including phenoxy) is 2. The van der Waals surface area contributed by atoms with Gasteiger partial charge in [-0.05, 0) is 55.6 Å². The van der Waals surface area contributed by atoms with E-state index in [4.69, 9.17) is 9.47 Å². The van der Waals surface area contributed by atoms with Gasteiger partial charge in [0.1, 0.15) is 0 Å². The number of alkyl halides is 3. The minimum absolute atomic E-state index is 0.0678. The minimum atomic E-state index is -4.40. The van der Waals surface area contributed by atoms with E-state index in [0.717, 1.165) is 30.5 Å². The average Bonchev–Trinajstić information content (AvgIpc) is 3.02. The summed E-state index contributed by atoms with van der Waals surface area (Å²) in [5.74, 6) is 0.783. The van der Waals surface area contributed by atoms with E-state index >= 15 is 0 Å². The molecule has 3 unspecified atom stereocenters. The Morgan fingerprint density at radius 1 is 1.00 bits per heavy atom. The number of fused-ring (bicyclic) bond motifs is 3. The molecule has 150 valence electrons. The molecule has 2 aliphatic rings. The lowest BCUT2D eigenvalue weighted by Gasteiger charge is -2.37. The molecule has 3 atom stereocenters. The number of hydrogen-bond acceptors (Lipinski definition) is 3. The topological polar surface area (TPSA) is 21.7 Å². The van der Waals surface area contributed by atoms with E-state index in [1.54, 1.807) is 26.4 Å². The molecule has 1 heterocycles. The molecule has 3 nitrogen and oxygen atoms in total. The zero-order chi connectivity index (χ0) is 20.1. The zero-order valence-corrected chi connectivity index (χ0v) is 16.2. The molecule has 28 heavy (non-hydrogen) atoms. The molecule has 0 amide bonds. The normalized spacial score (nSPS) is 24.6. The number of nitrogens with zero attached hydrogens (tertiary/aromatic N) is 1. The molecule has 2 aromatic carbocycles. The molecule has 1 aliphatic carbocycles. The van der Waals surface area contributed by atoms with Crippen LogP contribution in [0.15, 0.2) is 36.4 Å². The number of rotatable bonds is 3. The first-order chi connectivity index (χ1) is 13.4. The van der Waals surface area contributed by atoms with Crippen LogP contribution in [0.3, 0.4) is 0 Å². The number of likely N-dealkylation sites (tertiary alicyclic amines) is 1. The molecule has 2 aromatic rings. The Kier molecular flexibility index (Phi) is 4.78. The number of methoxy groups -OCH3 is 2. The summed E-state index contributed by atoms with van der Waals surface area (Å²) in [4.78, 5) is 2.26. The van der Waals surface area contributed by atoms with Crippen LogP contribution in [0.5, 0.6) is 11.5 Å². The summed E-state index contributed by atoms with van der Waals surface area (Å²) in [6.45, 7) is 0.933. The fourth-order valence-corrected chi connectivity index (χ4v) is 5.19. The Bertz CT molecular complexity index is 881. The quantitative estimate of drug-likeness (QED) is 0.713. The Balaban J connectivity index is 1.99. The van der Waals surface area contributed by atoms with E-state index in [1.807, 2.05) is 12.1 Å². The third-order valence-corrected chi connectivity index (χ3v) is 6.21. The first-order valence-corrected chi connectivity index (χ1v) is 9.49. The molecule has 0 saturated carbocycles. The average molecular weight is 391 g/mol. The van der Waals surface area contributed by atoms with Gasteiger partial charge >= 0.3 is 6.18 Å². The zero-order valence-electron chi connectivity index (χ0n) is 16.2. The molecule has 1 saturated heterocycles. The van der Waals surface area contributed by atoms with E-state index in [1.165, 1.54) is 12.1 Å². The maximum absolute atomic E-state index is 13.8. The van der Waals surface area contributed by atoms with Gasteiger partial charge in [-0.1, -0.05) is 24.3 Å². The van der Waals surface area contributed by atoms with Gasteiger partial charge in [0.15, 0.2) is 11.5 Å². The molecule has 0 bridgehead atoms. The lowest BCUT2D eigenvalue weighted by molar-refractivity contribution is -0.138. The van der Waals surface area contributed by atoms with Crippen molar-refractivity contribution in [3.63, 3.8) is 0 Å². The summed E-state index contributed by atoms with van der Waals surface area (Å²) in [5, 5.41) is 0. The molecular formula is C22H24F3NO2. The van der Waals surface area contributed by atoms with Crippen molar-refractivity contribution in [3.8, 4) is 11.5 Å². The molecule has 0 N–H and O–H groups in total. The highest BCUT2D eigenvalue weighted by molar-refractivity contribution is 5.60. The molecule has 0 aromatic heterocycles. The lowest BCUT2D eigenvalue weighted by atomic mass is 9.78. The van der Waals surface area contributed by atoms with Crippen LogP contribution < -0.4 is 9.47 Å². The molecular weight excluding hydrogens is 367 g/mol. The summed E-state index contributed by atoms with van der Waals surface area (Å²) < 4.78 is 52.7. The van der Waals surface area contributed by atoms with Gasteiger partial charge in [0.2, 0.25) is 0 Å². The van der Waals surface area contributed by atoms with Crippen molar-refractivity contribution in [1.29, 1.82) is 0 Å². The minimum Gasteiger partial charge on any atom is -0.493 e. The summed E-state index contributed by atoms with van der Waals surface area (Å²) in [6.07, 6.45) is -2.55. The fourth-order valence-electron chi connectivity index (χ4n) is 5.19. The number of halogens is 3. The summed E-state index contributed by atoms with van der Waals surface area (Å²) in [5.41, 5.74) is 1.64. The van der Waals surface area contributed by atoms with Crippen molar-refractivity contribution < 1.29 is 22.6 Å². The SMILES string of the molecule is COc1ccc2c(c1OC)C(c1ccccc1C(F)(F)F)C1CCCN(C)C21. The third kappa shape index (κ3) is 2.85. The van der Waals surface area contributed by atoms with Crippen LogP contribution >= 0.6 is 0 Å². The Hall–Kier alpha value is -2.21. The second-order valence-electron chi connectivity index (χ2n) is 7.60. The maximum Gasteiger partial charge on any atom is 0.416 e. The number of benzene rings is 2. The van der Waals surface area contributed by atoms with Gasteiger partial charge in [-0.2, -0.15) is 13.2 Å². The summed E-state index contributed by atoms with van der Waals surface area (Å²) in [6, 6.07) is 9.87. The van der Waals surface area contributed by atoms with Crippen molar-refractivity contribution in [1.82, 2.24) is 4.90 Å². The number of piperidine rings is 1. The lowest BCUT2D eigenvalue weighted by Crippen LogP contribution is -2.35. The van der Waals surface area contributed by atoms with E-state index in [-0.39, 0.29) is 17.9 Å². The third-order valence-electron chi connectivity index (χ3n) is 6.21. The molecule has 4 rings (SSSR count). The van der Waals surface area contributed by atoms with Gasteiger partial charge < -0.3 is 9.47 Å². The first kappa shape index (κ1) is 19.1. The van der Waals surface area contributed by atoms with Crippen LogP contribution in [-0.4, -0.2) is 32.7 Å². The monoisotopic (exact) mass is 391 g/mol.